The molecule has 0 radical (unpaired) electrons. The van der Waals surface area contributed by atoms with Crippen LogP contribution in [-0.4, -0.2) is 17.7 Å². The molecule has 0 aromatic heterocycles. The Labute approximate surface area is 133 Å². The van der Waals surface area contributed by atoms with E-state index in [0.717, 1.165) is 23.3 Å². The lowest BCUT2D eigenvalue weighted by Gasteiger charge is -2.13. The average Bonchev–Trinajstić information content (AvgIpc) is 2.51. The van der Waals surface area contributed by atoms with Crippen LogP contribution < -0.4 is 10.6 Å². The van der Waals surface area contributed by atoms with Gasteiger partial charge in [0.25, 0.3) is 0 Å². The van der Waals surface area contributed by atoms with Crippen molar-refractivity contribution < 1.29 is 18.7 Å². The molecule has 0 heterocycles. The summed E-state index contributed by atoms with van der Waals surface area (Å²) in [7, 11) is 0. The summed E-state index contributed by atoms with van der Waals surface area (Å²) >= 11 is 0. The van der Waals surface area contributed by atoms with Crippen molar-refractivity contribution in [3.8, 4) is 0 Å². The molecule has 0 bridgehead atoms. The van der Waals surface area contributed by atoms with Gasteiger partial charge in [-0.05, 0) is 54.8 Å². The monoisotopic (exact) mass is 320 g/mol. The van der Waals surface area contributed by atoms with Gasteiger partial charge in [-0.1, -0.05) is 12.1 Å². The summed E-state index contributed by atoms with van der Waals surface area (Å²) in [5.41, 5.74) is 2.98. The molecule has 4 nitrogen and oxygen atoms in total. The highest BCUT2D eigenvalue weighted by Crippen LogP contribution is 2.16. The Bertz CT molecular complexity index is 720. The minimum absolute atomic E-state index is 0.123. The lowest BCUT2D eigenvalue weighted by atomic mass is 10.1. The SMILES string of the molecule is Cc1ccc(NC(=O)NC[C@H](O)c2ccc(F)c(F)c2)cc1C. The highest BCUT2D eigenvalue weighted by Gasteiger charge is 2.12. The molecule has 0 spiro atoms. The zero-order valence-electron chi connectivity index (χ0n) is 12.9. The zero-order chi connectivity index (χ0) is 17.0. The average molecular weight is 320 g/mol. The summed E-state index contributed by atoms with van der Waals surface area (Å²) in [6, 6.07) is 8.11. The lowest BCUT2D eigenvalue weighted by Crippen LogP contribution is -2.32. The fourth-order valence-corrected chi connectivity index (χ4v) is 2.02. The Balaban J connectivity index is 1.90. The van der Waals surface area contributed by atoms with E-state index in [1.807, 2.05) is 26.0 Å². The third-order valence-corrected chi connectivity index (χ3v) is 3.55. The summed E-state index contributed by atoms with van der Waals surface area (Å²) in [5, 5.41) is 15.0. The number of hydrogen-bond acceptors (Lipinski definition) is 2. The second kappa shape index (κ2) is 7.19. The molecule has 0 aliphatic carbocycles. The number of benzene rings is 2. The first kappa shape index (κ1) is 16.9. The van der Waals surface area contributed by atoms with Gasteiger partial charge >= 0.3 is 6.03 Å². The summed E-state index contributed by atoms with van der Waals surface area (Å²) in [6.45, 7) is 3.78. The maximum absolute atomic E-state index is 13.1. The predicted octanol–water partition coefficient (Wildman–Crippen LogP) is 3.44. The second-order valence-corrected chi connectivity index (χ2v) is 5.32. The maximum atomic E-state index is 13.1. The number of carbonyl (C=O) groups excluding carboxylic acids is 1. The van der Waals surface area contributed by atoms with E-state index in [0.29, 0.717) is 5.69 Å². The fourth-order valence-electron chi connectivity index (χ4n) is 2.02. The summed E-state index contributed by atoms with van der Waals surface area (Å²) in [4.78, 5) is 11.8. The number of aliphatic hydroxyl groups is 1. The van der Waals surface area contributed by atoms with Crippen molar-refractivity contribution in [3.63, 3.8) is 0 Å². The van der Waals surface area contributed by atoms with E-state index in [2.05, 4.69) is 10.6 Å². The number of carbonyl (C=O) groups is 1. The van der Waals surface area contributed by atoms with Gasteiger partial charge in [-0.3, -0.25) is 0 Å². The minimum Gasteiger partial charge on any atom is -0.387 e. The van der Waals surface area contributed by atoms with Gasteiger partial charge in [-0.15, -0.1) is 0 Å². The largest absolute Gasteiger partial charge is 0.387 e. The van der Waals surface area contributed by atoms with Crippen molar-refractivity contribution in [1.29, 1.82) is 0 Å². The van der Waals surface area contributed by atoms with E-state index in [4.69, 9.17) is 0 Å². The van der Waals surface area contributed by atoms with E-state index in [9.17, 15) is 18.7 Å². The number of aryl methyl sites for hydroxylation is 2. The first-order valence-electron chi connectivity index (χ1n) is 7.12. The number of hydrogen-bond donors (Lipinski definition) is 3. The lowest BCUT2D eigenvalue weighted by molar-refractivity contribution is 0.174. The van der Waals surface area contributed by atoms with Crippen LogP contribution in [0.5, 0.6) is 0 Å². The van der Waals surface area contributed by atoms with E-state index in [-0.39, 0.29) is 12.1 Å². The number of amides is 2. The van der Waals surface area contributed by atoms with Crippen molar-refractivity contribution in [2.75, 3.05) is 11.9 Å². The highest BCUT2D eigenvalue weighted by molar-refractivity contribution is 5.89. The van der Waals surface area contributed by atoms with E-state index in [1.165, 1.54) is 6.07 Å². The number of urea groups is 1. The standard InChI is InChI=1S/C17H18F2N2O2/c1-10-3-5-13(7-11(10)2)21-17(23)20-9-16(22)12-4-6-14(18)15(19)8-12/h3-8,16,22H,9H2,1-2H3,(H2,20,21,23)/t16-/m0/s1. The number of anilines is 1. The van der Waals surface area contributed by atoms with Crippen LogP contribution >= 0.6 is 0 Å². The topological polar surface area (TPSA) is 61.4 Å². The number of nitrogens with one attached hydrogen (secondary N) is 2. The number of aliphatic hydroxyl groups excluding tert-OH is 1. The third kappa shape index (κ3) is 4.50. The molecule has 6 heteroatoms. The van der Waals surface area contributed by atoms with Gasteiger partial charge in [0, 0.05) is 12.2 Å². The molecular formula is C17H18F2N2O2. The van der Waals surface area contributed by atoms with Crippen molar-refractivity contribution in [1.82, 2.24) is 5.32 Å². The van der Waals surface area contributed by atoms with Gasteiger partial charge in [-0.25, -0.2) is 13.6 Å². The molecule has 2 aromatic rings. The Morgan fingerprint density at radius 1 is 1.09 bits per heavy atom. The smallest absolute Gasteiger partial charge is 0.319 e. The van der Waals surface area contributed by atoms with Crippen LogP contribution in [-0.2, 0) is 0 Å². The van der Waals surface area contributed by atoms with Gasteiger partial charge in [0.05, 0.1) is 6.10 Å². The molecule has 3 N–H and O–H groups in total. The van der Waals surface area contributed by atoms with Crippen LogP contribution in [0.15, 0.2) is 36.4 Å². The highest BCUT2D eigenvalue weighted by atomic mass is 19.2. The van der Waals surface area contributed by atoms with Gasteiger partial charge in [0.1, 0.15) is 0 Å². The maximum Gasteiger partial charge on any atom is 0.319 e. The second-order valence-electron chi connectivity index (χ2n) is 5.32. The fraction of sp³-hybridized carbons (Fsp3) is 0.235. The Hall–Kier alpha value is -2.47. The van der Waals surface area contributed by atoms with Gasteiger partial charge in [0.15, 0.2) is 11.6 Å². The summed E-state index contributed by atoms with van der Waals surface area (Å²) < 4.78 is 26.0. The van der Waals surface area contributed by atoms with Crippen LogP contribution in [0.3, 0.4) is 0 Å². The molecule has 23 heavy (non-hydrogen) atoms. The molecule has 0 aliphatic rings. The van der Waals surface area contributed by atoms with Crippen LogP contribution in [0.1, 0.15) is 22.8 Å². The molecule has 0 unspecified atom stereocenters. The van der Waals surface area contributed by atoms with Crippen molar-refractivity contribution in [2.45, 2.75) is 20.0 Å². The Kier molecular flexibility index (Phi) is 5.28. The normalized spacial score (nSPS) is 11.9. The number of halogens is 2. The van der Waals surface area contributed by atoms with E-state index >= 15 is 0 Å². The first-order chi connectivity index (χ1) is 10.9. The van der Waals surface area contributed by atoms with Crippen LogP contribution in [0.4, 0.5) is 19.3 Å². The predicted molar refractivity (Wildman–Crippen MR) is 84.3 cm³/mol. The zero-order valence-corrected chi connectivity index (χ0v) is 12.9. The van der Waals surface area contributed by atoms with Gasteiger partial charge in [0.2, 0.25) is 0 Å². The van der Waals surface area contributed by atoms with Crippen molar-refractivity contribution in [3.05, 3.63) is 64.7 Å². The summed E-state index contributed by atoms with van der Waals surface area (Å²) in [5.74, 6) is -2.03. The van der Waals surface area contributed by atoms with Gasteiger partial charge in [-0.2, -0.15) is 0 Å². The molecule has 2 amide bonds. The molecule has 2 rings (SSSR count). The van der Waals surface area contributed by atoms with Gasteiger partial charge < -0.3 is 15.7 Å². The molecule has 0 aliphatic heterocycles. The Morgan fingerprint density at radius 2 is 1.83 bits per heavy atom. The Morgan fingerprint density at radius 3 is 2.48 bits per heavy atom. The number of rotatable bonds is 4. The first-order valence-corrected chi connectivity index (χ1v) is 7.12. The molecule has 0 saturated heterocycles. The van der Waals surface area contributed by atoms with Crippen molar-refractivity contribution >= 4 is 11.7 Å². The molecule has 0 saturated carbocycles. The quantitative estimate of drug-likeness (QED) is 0.808. The van der Waals surface area contributed by atoms with E-state index in [1.54, 1.807) is 6.07 Å². The van der Waals surface area contributed by atoms with Crippen LogP contribution in [0.2, 0.25) is 0 Å². The molecule has 1 atom stereocenters. The van der Waals surface area contributed by atoms with Crippen LogP contribution in [0.25, 0.3) is 0 Å². The molecule has 122 valence electrons. The molecule has 0 fully saturated rings. The van der Waals surface area contributed by atoms with E-state index < -0.39 is 23.8 Å². The summed E-state index contributed by atoms with van der Waals surface area (Å²) in [6.07, 6.45) is -1.13. The molecular weight excluding hydrogens is 302 g/mol. The van der Waals surface area contributed by atoms with Crippen molar-refractivity contribution in [2.24, 2.45) is 0 Å². The molecule has 2 aromatic carbocycles. The minimum atomic E-state index is -1.13. The van der Waals surface area contributed by atoms with Crippen LogP contribution in [0, 0.1) is 25.5 Å². The third-order valence-electron chi connectivity index (χ3n) is 3.55.